The summed E-state index contributed by atoms with van der Waals surface area (Å²) in [6.07, 6.45) is 4.52. The van der Waals surface area contributed by atoms with E-state index < -0.39 is 0 Å². The van der Waals surface area contributed by atoms with Gasteiger partial charge < -0.3 is 5.32 Å². The van der Waals surface area contributed by atoms with Crippen LogP contribution in [0.15, 0.2) is 12.1 Å². The fourth-order valence-electron chi connectivity index (χ4n) is 2.87. The van der Waals surface area contributed by atoms with E-state index in [1.807, 2.05) is 12.1 Å². The maximum absolute atomic E-state index is 11.9. The third kappa shape index (κ3) is 2.66. The fourth-order valence-corrected chi connectivity index (χ4v) is 3.96. The molecule has 2 aliphatic rings. The van der Waals surface area contributed by atoms with Crippen molar-refractivity contribution in [2.75, 3.05) is 6.54 Å². The van der Waals surface area contributed by atoms with Crippen LogP contribution < -0.4 is 5.32 Å². The second kappa shape index (κ2) is 4.62. The Kier molecular flexibility index (Phi) is 3.14. The molecule has 4 heteroatoms. The van der Waals surface area contributed by atoms with Crippen molar-refractivity contribution < 1.29 is 4.79 Å². The summed E-state index contributed by atoms with van der Waals surface area (Å²) >= 11 is 7.45. The molecule has 92 valence electrons. The van der Waals surface area contributed by atoms with Crippen molar-refractivity contribution >= 4 is 28.8 Å². The third-order valence-corrected chi connectivity index (χ3v) is 5.20. The highest BCUT2D eigenvalue weighted by molar-refractivity contribution is 7.16. The molecule has 1 amide bonds. The average Bonchev–Trinajstić information content (AvgIpc) is 2.74. The van der Waals surface area contributed by atoms with Gasteiger partial charge in [-0.1, -0.05) is 11.6 Å². The molecule has 2 atom stereocenters. The molecule has 1 heterocycles. The van der Waals surface area contributed by atoms with Gasteiger partial charge in [-0.15, -0.1) is 11.3 Å². The highest BCUT2D eigenvalue weighted by Gasteiger charge is 2.47. The Bertz CT molecular complexity index is 421. The van der Waals surface area contributed by atoms with Gasteiger partial charge >= 0.3 is 0 Å². The van der Waals surface area contributed by atoms with Gasteiger partial charge in [0.2, 0.25) is 5.91 Å². The van der Waals surface area contributed by atoms with Gasteiger partial charge in [0.1, 0.15) is 0 Å². The molecule has 1 N–H and O–H groups in total. The van der Waals surface area contributed by atoms with Gasteiger partial charge in [0, 0.05) is 17.3 Å². The molecule has 0 spiro atoms. The Hall–Kier alpha value is -0.540. The number of carbonyl (C=O) groups excluding carboxylic acids is 1. The molecule has 3 rings (SSSR count). The molecule has 17 heavy (non-hydrogen) atoms. The van der Waals surface area contributed by atoms with Crippen molar-refractivity contribution in [3.05, 3.63) is 21.3 Å². The van der Waals surface area contributed by atoms with Crippen LogP contribution in [0.5, 0.6) is 0 Å². The standard InChI is InChI=1S/C13H16ClNOS/c14-12-2-1-11(17-12)3-4-15-13(16)10-6-8-5-9(8)7-10/h1-2,8-10H,3-7H2,(H,15,16). The molecular formula is C13H16ClNOS. The lowest BCUT2D eigenvalue weighted by atomic mass is 10.0. The zero-order chi connectivity index (χ0) is 11.8. The first kappa shape index (κ1) is 11.5. The molecular weight excluding hydrogens is 254 g/mol. The van der Waals surface area contributed by atoms with Crippen LogP contribution in [-0.2, 0) is 11.2 Å². The topological polar surface area (TPSA) is 29.1 Å². The number of thiophene rings is 1. The van der Waals surface area contributed by atoms with E-state index in [0.29, 0.717) is 5.92 Å². The van der Waals surface area contributed by atoms with Crippen molar-refractivity contribution in [1.82, 2.24) is 5.32 Å². The van der Waals surface area contributed by atoms with Gasteiger partial charge in [0.05, 0.1) is 4.34 Å². The van der Waals surface area contributed by atoms with Crippen LogP contribution in [0.1, 0.15) is 24.1 Å². The van der Waals surface area contributed by atoms with Gasteiger partial charge in [-0.05, 0) is 49.7 Å². The third-order valence-electron chi connectivity index (χ3n) is 3.91. The van der Waals surface area contributed by atoms with E-state index in [2.05, 4.69) is 5.32 Å². The predicted molar refractivity (Wildman–Crippen MR) is 70.4 cm³/mol. The highest BCUT2D eigenvalue weighted by atomic mass is 35.5. The van der Waals surface area contributed by atoms with Crippen LogP contribution in [0, 0.1) is 17.8 Å². The Morgan fingerprint density at radius 2 is 2.12 bits per heavy atom. The first-order valence-corrected chi connectivity index (χ1v) is 7.44. The van der Waals surface area contributed by atoms with Gasteiger partial charge in [0.25, 0.3) is 0 Å². The zero-order valence-corrected chi connectivity index (χ0v) is 11.2. The molecule has 2 saturated carbocycles. The maximum atomic E-state index is 11.9. The van der Waals surface area contributed by atoms with Crippen LogP contribution in [0.4, 0.5) is 0 Å². The minimum atomic E-state index is 0.264. The summed E-state index contributed by atoms with van der Waals surface area (Å²) < 4.78 is 0.821. The van der Waals surface area contributed by atoms with Crippen LogP contribution in [-0.4, -0.2) is 12.5 Å². The molecule has 1 aromatic rings. The van der Waals surface area contributed by atoms with E-state index in [4.69, 9.17) is 11.6 Å². The van der Waals surface area contributed by atoms with Gasteiger partial charge in [0.15, 0.2) is 0 Å². The van der Waals surface area contributed by atoms with Crippen molar-refractivity contribution in [2.45, 2.75) is 25.7 Å². The summed E-state index contributed by atoms with van der Waals surface area (Å²) in [5.74, 6) is 2.31. The SMILES string of the molecule is O=C(NCCc1ccc(Cl)s1)C1CC2CC2C1. The molecule has 1 aromatic heterocycles. The van der Waals surface area contributed by atoms with E-state index in [0.717, 1.165) is 42.0 Å². The highest BCUT2D eigenvalue weighted by Crippen LogP contribution is 2.54. The minimum absolute atomic E-state index is 0.264. The molecule has 0 aromatic carbocycles. The monoisotopic (exact) mass is 269 g/mol. The fraction of sp³-hybridized carbons (Fsp3) is 0.615. The number of hydrogen-bond acceptors (Lipinski definition) is 2. The van der Waals surface area contributed by atoms with Crippen LogP contribution in [0.25, 0.3) is 0 Å². The van der Waals surface area contributed by atoms with E-state index in [9.17, 15) is 4.79 Å². The van der Waals surface area contributed by atoms with E-state index >= 15 is 0 Å². The number of fused-ring (bicyclic) bond motifs is 1. The summed E-state index contributed by atoms with van der Waals surface area (Å²) in [5.41, 5.74) is 0. The summed E-state index contributed by atoms with van der Waals surface area (Å²) in [7, 11) is 0. The number of hydrogen-bond donors (Lipinski definition) is 1. The van der Waals surface area contributed by atoms with Crippen LogP contribution >= 0.6 is 22.9 Å². The molecule has 2 unspecified atom stereocenters. The minimum Gasteiger partial charge on any atom is -0.356 e. The van der Waals surface area contributed by atoms with Gasteiger partial charge in [-0.2, -0.15) is 0 Å². The number of amides is 1. The molecule has 0 radical (unpaired) electrons. The molecule has 2 aliphatic carbocycles. The van der Waals surface area contributed by atoms with E-state index in [-0.39, 0.29) is 5.91 Å². The number of nitrogens with one attached hydrogen (secondary N) is 1. The zero-order valence-electron chi connectivity index (χ0n) is 9.62. The Labute approximate surface area is 110 Å². The second-order valence-electron chi connectivity index (χ2n) is 5.17. The number of rotatable bonds is 4. The second-order valence-corrected chi connectivity index (χ2v) is 6.97. The van der Waals surface area contributed by atoms with Crippen molar-refractivity contribution in [1.29, 1.82) is 0 Å². The molecule has 2 nitrogen and oxygen atoms in total. The predicted octanol–water partition coefficient (Wildman–Crippen LogP) is 3.11. The van der Waals surface area contributed by atoms with Crippen molar-refractivity contribution in [3.8, 4) is 0 Å². The van der Waals surface area contributed by atoms with Crippen LogP contribution in [0.3, 0.4) is 0 Å². The lowest BCUT2D eigenvalue weighted by molar-refractivity contribution is -0.125. The first-order chi connectivity index (χ1) is 8.22. The summed E-state index contributed by atoms with van der Waals surface area (Å²) in [6, 6.07) is 3.94. The van der Waals surface area contributed by atoms with Crippen LogP contribution in [0.2, 0.25) is 4.34 Å². The molecule has 0 aliphatic heterocycles. The van der Waals surface area contributed by atoms with E-state index in [1.165, 1.54) is 11.3 Å². The maximum Gasteiger partial charge on any atom is 0.223 e. The average molecular weight is 270 g/mol. The summed E-state index contributed by atoms with van der Waals surface area (Å²) in [6.45, 7) is 0.738. The molecule has 0 bridgehead atoms. The summed E-state index contributed by atoms with van der Waals surface area (Å²) in [4.78, 5) is 13.1. The smallest absolute Gasteiger partial charge is 0.223 e. The number of carbonyl (C=O) groups is 1. The Morgan fingerprint density at radius 1 is 1.35 bits per heavy atom. The Balaban J connectivity index is 1.40. The Morgan fingerprint density at radius 3 is 2.76 bits per heavy atom. The normalized spacial score (nSPS) is 30.1. The largest absolute Gasteiger partial charge is 0.356 e. The van der Waals surface area contributed by atoms with Gasteiger partial charge in [-0.3, -0.25) is 4.79 Å². The summed E-state index contributed by atoms with van der Waals surface area (Å²) in [5, 5.41) is 3.05. The van der Waals surface area contributed by atoms with Crippen molar-refractivity contribution in [2.24, 2.45) is 17.8 Å². The lowest BCUT2D eigenvalue weighted by Crippen LogP contribution is -2.31. The number of halogens is 1. The lowest BCUT2D eigenvalue weighted by Gasteiger charge is -2.11. The first-order valence-electron chi connectivity index (χ1n) is 6.24. The van der Waals surface area contributed by atoms with E-state index in [1.54, 1.807) is 11.3 Å². The molecule has 2 fully saturated rings. The van der Waals surface area contributed by atoms with Crippen molar-refractivity contribution in [3.63, 3.8) is 0 Å². The molecule has 0 saturated heterocycles. The van der Waals surface area contributed by atoms with Gasteiger partial charge in [-0.25, -0.2) is 0 Å². The quantitative estimate of drug-likeness (QED) is 0.894.